The molecule has 0 atom stereocenters. The summed E-state index contributed by atoms with van der Waals surface area (Å²) < 4.78 is 252. The number of halogens is 15. The fourth-order valence-corrected chi connectivity index (χ4v) is 5.83. The minimum Gasteiger partial charge on any atom is -0.403 e. The Morgan fingerprint density at radius 2 is 0.586 bits per heavy atom. The number of ether oxygens (including phenoxy) is 4. The van der Waals surface area contributed by atoms with Gasteiger partial charge < -0.3 is 28.3 Å². The molecule has 24 heteroatoms. The number of benzene rings is 3. The Labute approximate surface area is 335 Å². The van der Waals surface area contributed by atoms with Gasteiger partial charge in [-0.25, -0.2) is 65.9 Å². The van der Waals surface area contributed by atoms with Crippen LogP contribution in [0.2, 0.25) is 12.6 Å². The molecule has 4 rings (SSSR count). The Balaban J connectivity index is 0.00000113. The van der Waals surface area contributed by atoms with Crippen molar-refractivity contribution in [2.24, 2.45) is 0 Å². The van der Waals surface area contributed by atoms with Crippen molar-refractivity contribution in [3.05, 3.63) is 87.3 Å². The summed E-state index contributed by atoms with van der Waals surface area (Å²) in [6, 6.07) is 0. The summed E-state index contributed by atoms with van der Waals surface area (Å²) in [6.07, 6.45) is -8.70. The van der Waals surface area contributed by atoms with Gasteiger partial charge in [-0.1, -0.05) is 0 Å². The molecule has 1 aliphatic rings. The first-order valence-corrected chi connectivity index (χ1v) is 16.4. The van der Waals surface area contributed by atoms with Crippen LogP contribution in [0.4, 0.5) is 65.9 Å². The molecule has 1 saturated heterocycles. The van der Waals surface area contributed by atoms with Crippen LogP contribution in [0.25, 0.3) is 0 Å². The molecule has 0 aromatic heterocycles. The van der Waals surface area contributed by atoms with Crippen molar-refractivity contribution in [3.8, 4) is 0 Å². The second kappa shape index (κ2) is 21.6. The van der Waals surface area contributed by atoms with E-state index in [0.717, 1.165) is 0 Å². The topological polar surface area (TPSA) is 55.4 Å². The van der Waals surface area contributed by atoms with Gasteiger partial charge in [-0.05, 0) is 34.0 Å². The number of methoxy groups -OCH3 is 4. The summed E-state index contributed by atoms with van der Waals surface area (Å²) in [7, 11) is 4.83. The summed E-state index contributed by atoms with van der Waals surface area (Å²) in [5, 5.41) is 0. The third kappa shape index (κ3) is 10.3. The van der Waals surface area contributed by atoms with Gasteiger partial charge in [0, 0.05) is 28.4 Å². The van der Waals surface area contributed by atoms with Gasteiger partial charge in [0.2, 0.25) is 0 Å². The molecule has 58 heavy (non-hydrogen) atoms. The van der Waals surface area contributed by atoms with Crippen LogP contribution in [0.1, 0.15) is 27.7 Å². The molecule has 3 aromatic rings. The summed E-state index contributed by atoms with van der Waals surface area (Å²) in [6.45, 7) is 8.33. The molecular formula is C34H36B2F15LiO6. The van der Waals surface area contributed by atoms with Crippen LogP contribution < -0.4 is 35.2 Å². The molecule has 6 nitrogen and oxygen atoms in total. The van der Waals surface area contributed by atoms with Crippen LogP contribution in [0.3, 0.4) is 0 Å². The maximum atomic E-state index is 15.5. The summed E-state index contributed by atoms with van der Waals surface area (Å²) in [4.78, 5) is 0. The van der Waals surface area contributed by atoms with Crippen molar-refractivity contribution < 1.29 is 113 Å². The maximum Gasteiger partial charge on any atom is 1.00 e. The monoisotopic (exact) mass is 854 g/mol. The quantitative estimate of drug-likeness (QED) is 0.0908. The molecule has 0 bridgehead atoms. The molecule has 0 radical (unpaired) electrons. The van der Waals surface area contributed by atoms with Gasteiger partial charge in [0.05, 0.1) is 37.6 Å². The maximum absolute atomic E-state index is 15.5. The summed E-state index contributed by atoms with van der Waals surface area (Å²) in [5.74, 6) is -45.5. The third-order valence-electron chi connectivity index (χ3n) is 9.33. The third-order valence-corrected chi connectivity index (χ3v) is 9.33. The van der Waals surface area contributed by atoms with E-state index in [4.69, 9.17) is 9.31 Å². The van der Waals surface area contributed by atoms with E-state index in [1.807, 2.05) is 0 Å². The van der Waals surface area contributed by atoms with E-state index < -0.39 is 141 Å². The zero-order valence-corrected chi connectivity index (χ0v) is 32.5. The fourth-order valence-electron chi connectivity index (χ4n) is 5.83. The molecule has 0 unspecified atom stereocenters. The molecule has 0 aliphatic carbocycles. The molecule has 0 amide bonds. The average Bonchev–Trinajstić information content (AvgIpc) is 3.38. The van der Waals surface area contributed by atoms with E-state index in [1.54, 1.807) is 28.4 Å². The Hall–Kier alpha value is -2.90. The van der Waals surface area contributed by atoms with E-state index in [9.17, 15) is 39.5 Å². The van der Waals surface area contributed by atoms with Crippen molar-refractivity contribution in [1.29, 1.82) is 0 Å². The number of rotatable bonds is 12. The van der Waals surface area contributed by atoms with Crippen molar-refractivity contribution in [1.82, 2.24) is 0 Å². The first-order chi connectivity index (χ1) is 26.4. The first kappa shape index (κ1) is 53.1. The van der Waals surface area contributed by atoms with Gasteiger partial charge >= 0.3 is 26.0 Å². The van der Waals surface area contributed by atoms with Gasteiger partial charge in [0.1, 0.15) is 41.0 Å². The zero-order chi connectivity index (χ0) is 44.0. The van der Waals surface area contributed by atoms with E-state index in [1.165, 1.54) is 27.7 Å². The minimum atomic E-state index is -5.66. The molecule has 320 valence electrons. The van der Waals surface area contributed by atoms with Gasteiger partial charge in [0.15, 0.2) is 52.4 Å². The van der Waals surface area contributed by atoms with Gasteiger partial charge in [-0.3, -0.25) is 0 Å². The molecular weight excluding hydrogens is 818 g/mol. The van der Waals surface area contributed by atoms with Gasteiger partial charge in [0.25, 0.3) is 0 Å². The van der Waals surface area contributed by atoms with E-state index in [-0.39, 0.29) is 18.9 Å². The largest absolute Gasteiger partial charge is 1.00 e. The van der Waals surface area contributed by atoms with E-state index >= 15 is 26.3 Å². The molecule has 0 spiro atoms. The molecule has 0 N–H and O–H groups in total. The Kier molecular flexibility index (Phi) is 19.7. The number of hydrogen-bond donors (Lipinski definition) is 0. The minimum absolute atomic E-state index is 0. The predicted molar refractivity (Wildman–Crippen MR) is 177 cm³/mol. The SMILES string of the molecule is CC1(C)OB(CC[B-](c2c(F)c(F)c(F)c(F)c2F)(c2c(F)c(F)c(F)c(F)c2F)c2c(F)c(F)c(F)c(F)c2F)OC1(C)C.COCCOC.COCCOC.[Li+]. The van der Waals surface area contributed by atoms with Gasteiger partial charge in [-0.15, -0.1) is 16.4 Å². The van der Waals surface area contributed by atoms with Crippen LogP contribution in [-0.2, 0) is 28.3 Å². The molecule has 1 heterocycles. The van der Waals surface area contributed by atoms with Crippen LogP contribution in [0, 0.1) is 87.3 Å². The van der Waals surface area contributed by atoms with Crippen molar-refractivity contribution in [2.45, 2.75) is 51.5 Å². The Morgan fingerprint density at radius 3 is 0.776 bits per heavy atom. The van der Waals surface area contributed by atoms with Crippen LogP contribution in [0.15, 0.2) is 0 Å². The standard InChI is InChI=1S/C26H16B2F15O2.2C4H10O2.Li/c1-25(2)26(3,4)45-27(44-25)5-6-28(7-10(29)16(35)22(41)17(36)11(7)30,8-12(31)18(37)23(42)19(38)13(8)32)9-14(33)20(39)24(43)21(40)15(9)34;2*1-5-3-4-6-2;/h5-6H2,1-4H3;2*3-4H2,1-2H3;/q-1;;;+1. The summed E-state index contributed by atoms with van der Waals surface area (Å²) >= 11 is 0. The van der Waals surface area contributed by atoms with Crippen molar-refractivity contribution in [3.63, 3.8) is 0 Å². The first-order valence-electron chi connectivity index (χ1n) is 16.4. The Morgan fingerprint density at radius 1 is 0.397 bits per heavy atom. The molecule has 1 aliphatic heterocycles. The zero-order valence-electron chi connectivity index (χ0n) is 32.5. The summed E-state index contributed by atoms with van der Waals surface area (Å²) in [5.41, 5.74) is -10.6. The molecule has 0 saturated carbocycles. The molecule has 3 aromatic carbocycles. The van der Waals surface area contributed by atoms with Crippen LogP contribution >= 0.6 is 0 Å². The predicted octanol–water partition coefficient (Wildman–Crippen LogP) is 3.90. The Bertz CT molecular complexity index is 1620. The second-order valence-corrected chi connectivity index (χ2v) is 13.2. The van der Waals surface area contributed by atoms with Crippen LogP contribution in [0.5, 0.6) is 0 Å². The number of hydrogen-bond acceptors (Lipinski definition) is 6. The smallest absolute Gasteiger partial charge is 0.403 e. The van der Waals surface area contributed by atoms with Crippen molar-refractivity contribution >= 4 is 29.7 Å². The van der Waals surface area contributed by atoms with Crippen molar-refractivity contribution in [2.75, 3.05) is 54.9 Å². The normalized spacial score (nSPS) is 14.4. The van der Waals surface area contributed by atoms with Crippen LogP contribution in [-0.4, -0.2) is 79.3 Å². The average molecular weight is 854 g/mol. The van der Waals surface area contributed by atoms with E-state index in [2.05, 4.69) is 18.9 Å². The fraction of sp³-hybridized carbons (Fsp3) is 0.471. The van der Waals surface area contributed by atoms with E-state index in [0.29, 0.717) is 26.4 Å². The molecule has 1 fully saturated rings. The second-order valence-electron chi connectivity index (χ2n) is 13.2. The van der Waals surface area contributed by atoms with Gasteiger partial charge in [-0.2, -0.15) is 6.32 Å².